The van der Waals surface area contributed by atoms with E-state index in [1.807, 2.05) is 18.3 Å². The summed E-state index contributed by atoms with van der Waals surface area (Å²) < 4.78 is 0.985. The number of rotatable bonds is 1. The molecule has 1 fully saturated rings. The Morgan fingerprint density at radius 2 is 2.24 bits per heavy atom. The van der Waals surface area contributed by atoms with E-state index in [4.69, 9.17) is 5.41 Å². The second kappa shape index (κ2) is 4.11. The maximum atomic E-state index is 7.95. The number of para-hydroxylation sites is 1. The Labute approximate surface area is 108 Å². The maximum absolute atomic E-state index is 7.95. The molecule has 2 aromatic rings. The zero-order chi connectivity index (χ0) is 11.8. The molecule has 3 rings (SSSR count). The normalized spacial score (nSPS) is 15.8. The van der Waals surface area contributed by atoms with Crippen LogP contribution in [-0.4, -0.2) is 17.4 Å². The number of pyridine rings is 1. The topological polar surface area (TPSA) is 40.0 Å². The van der Waals surface area contributed by atoms with Gasteiger partial charge in [0.15, 0.2) is 0 Å². The van der Waals surface area contributed by atoms with Gasteiger partial charge in [0.1, 0.15) is 5.84 Å². The van der Waals surface area contributed by atoms with Crippen LogP contribution in [0, 0.1) is 5.41 Å². The highest BCUT2D eigenvalue weighted by molar-refractivity contribution is 9.10. The van der Waals surface area contributed by atoms with Crippen LogP contribution < -0.4 is 4.90 Å². The number of nitrogens with one attached hydrogen (secondary N) is 1. The van der Waals surface area contributed by atoms with Crippen molar-refractivity contribution in [2.24, 2.45) is 0 Å². The summed E-state index contributed by atoms with van der Waals surface area (Å²) in [6.07, 6.45) is 3.74. The van der Waals surface area contributed by atoms with E-state index in [1.54, 1.807) is 0 Å². The van der Waals surface area contributed by atoms with E-state index < -0.39 is 0 Å². The molecular formula is C13H12BrN3. The molecule has 3 nitrogen and oxygen atoms in total. The SMILES string of the molecule is N=C1CCCN1c1cccc2cc(Br)cnc12. The molecule has 0 amide bonds. The molecule has 0 radical (unpaired) electrons. The standard InChI is InChI=1S/C13H12BrN3/c14-10-7-9-3-1-4-11(13(9)16-8-10)17-6-2-5-12(17)15/h1,3-4,7-8,15H,2,5-6H2. The van der Waals surface area contributed by atoms with Gasteiger partial charge >= 0.3 is 0 Å². The molecule has 0 unspecified atom stereocenters. The third-order valence-corrected chi connectivity index (χ3v) is 3.50. The summed E-state index contributed by atoms with van der Waals surface area (Å²) >= 11 is 3.43. The van der Waals surface area contributed by atoms with Gasteiger partial charge in [-0.05, 0) is 34.5 Å². The second-order valence-electron chi connectivity index (χ2n) is 4.20. The highest BCUT2D eigenvalue weighted by Gasteiger charge is 2.20. The lowest BCUT2D eigenvalue weighted by Gasteiger charge is -2.19. The molecule has 1 aliphatic rings. The first-order valence-electron chi connectivity index (χ1n) is 5.65. The summed E-state index contributed by atoms with van der Waals surface area (Å²) in [6.45, 7) is 0.926. The molecule has 1 aromatic carbocycles. The lowest BCUT2D eigenvalue weighted by Crippen LogP contribution is -2.23. The Morgan fingerprint density at radius 3 is 3.00 bits per heavy atom. The van der Waals surface area contributed by atoms with E-state index in [-0.39, 0.29) is 0 Å². The molecule has 1 N–H and O–H groups in total. The number of amidine groups is 1. The number of hydrogen-bond acceptors (Lipinski definition) is 2. The van der Waals surface area contributed by atoms with Crippen molar-refractivity contribution in [3.63, 3.8) is 0 Å². The van der Waals surface area contributed by atoms with Gasteiger partial charge in [-0.2, -0.15) is 0 Å². The van der Waals surface area contributed by atoms with Crippen molar-refractivity contribution in [3.05, 3.63) is 34.9 Å². The number of aromatic nitrogens is 1. The van der Waals surface area contributed by atoms with Crippen molar-refractivity contribution >= 4 is 38.4 Å². The van der Waals surface area contributed by atoms with Crippen LogP contribution in [0.1, 0.15) is 12.8 Å². The molecule has 0 bridgehead atoms. The summed E-state index contributed by atoms with van der Waals surface area (Å²) in [5, 5.41) is 9.06. The highest BCUT2D eigenvalue weighted by Crippen LogP contribution is 2.29. The fourth-order valence-electron chi connectivity index (χ4n) is 2.28. The van der Waals surface area contributed by atoms with Gasteiger partial charge in [0.05, 0.1) is 11.2 Å². The smallest absolute Gasteiger partial charge is 0.100 e. The van der Waals surface area contributed by atoms with Crippen LogP contribution in [0.4, 0.5) is 5.69 Å². The molecule has 1 aromatic heterocycles. The van der Waals surface area contributed by atoms with E-state index in [0.29, 0.717) is 5.84 Å². The van der Waals surface area contributed by atoms with Crippen molar-refractivity contribution in [3.8, 4) is 0 Å². The predicted octanol–water partition coefficient (Wildman–Crippen LogP) is 3.57. The monoisotopic (exact) mass is 289 g/mol. The third kappa shape index (κ3) is 1.82. The lowest BCUT2D eigenvalue weighted by molar-refractivity contribution is 0.957. The van der Waals surface area contributed by atoms with Crippen LogP contribution in [0.25, 0.3) is 10.9 Å². The van der Waals surface area contributed by atoms with E-state index >= 15 is 0 Å². The Bertz CT molecular complexity index is 594. The average molecular weight is 290 g/mol. The van der Waals surface area contributed by atoms with Crippen molar-refractivity contribution in [2.75, 3.05) is 11.4 Å². The summed E-state index contributed by atoms with van der Waals surface area (Å²) in [6, 6.07) is 8.18. The van der Waals surface area contributed by atoms with Crippen molar-refractivity contribution in [1.82, 2.24) is 4.98 Å². The van der Waals surface area contributed by atoms with E-state index in [1.165, 1.54) is 0 Å². The first kappa shape index (κ1) is 10.7. The van der Waals surface area contributed by atoms with E-state index in [0.717, 1.165) is 40.4 Å². The van der Waals surface area contributed by atoms with Crippen LogP contribution in [0.3, 0.4) is 0 Å². The van der Waals surface area contributed by atoms with Gasteiger partial charge in [-0.3, -0.25) is 10.4 Å². The number of halogens is 1. The van der Waals surface area contributed by atoms with Gasteiger partial charge in [-0.1, -0.05) is 12.1 Å². The van der Waals surface area contributed by atoms with Gasteiger partial charge in [-0.25, -0.2) is 0 Å². The van der Waals surface area contributed by atoms with Crippen LogP contribution in [0.15, 0.2) is 34.9 Å². The maximum Gasteiger partial charge on any atom is 0.100 e. The Morgan fingerprint density at radius 1 is 1.35 bits per heavy atom. The molecule has 2 heterocycles. The zero-order valence-electron chi connectivity index (χ0n) is 9.28. The Kier molecular flexibility index (Phi) is 2.59. The van der Waals surface area contributed by atoms with Crippen LogP contribution in [0.2, 0.25) is 0 Å². The van der Waals surface area contributed by atoms with Crippen LogP contribution in [0.5, 0.6) is 0 Å². The third-order valence-electron chi connectivity index (χ3n) is 3.07. The van der Waals surface area contributed by atoms with Crippen molar-refractivity contribution in [2.45, 2.75) is 12.8 Å². The van der Waals surface area contributed by atoms with Gasteiger partial charge in [-0.15, -0.1) is 0 Å². The predicted molar refractivity (Wildman–Crippen MR) is 73.7 cm³/mol. The number of anilines is 1. The summed E-state index contributed by atoms with van der Waals surface area (Å²) in [5.41, 5.74) is 2.03. The van der Waals surface area contributed by atoms with E-state index in [9.17, 15) is 0 Å². The largest absolute Gasteiger partial charge is 0.328 e. The molecule has 1 saturated heterocycles. The Balaban J connectivity index is 2.19. The minimum absolute atomic E-state index is 0.696. The average Bonchev–Trinajstić information content (AvgIpc) is 2.74. The zero-order valence-corrected chi connectivity index (χ0v) is 10.9. The lowest BCUT2D eigenvalue weighted by atomic mass is 10.2. The molecule has 0 spiro atoms. The van der Waals surface area contributed by atoms with Gasteiger partial charge in [0, 0.05) is 29.0 Å². The minimum Gasteiger partial charge on any atom is -0.328 e. The number of fused-ring (bicyclic) bond motifs is 1. The molecule has 0 saturated carbocycles. The fraction of sp³-hybridized carbons (Fsp3) is 0.231. The number of benzene rings is 1. The molecule has 17 heavy (non-hydrogen) atoms. The highest BCUT2D eigenvalue weighted by atomic mass is 79.9. The number of hydrogen-bond donors (Lipinski definition) is 1. The second-order valence-corrected chi connectivity index (χ2v) is 5.12. The van der Waals surface area contributed by atoms with Gasteiger partial charge in [0.2, 0.25) is 0 Å². The Hall–Kier alpha value is -1.42. The molecule has 1 aliphatic heterocycles. The summed E-state index contributed by atoms with van der Waals surface area (Å²) in [4.78, 5) is 6.53. The quantitative estimate of drug-likeness (QED) is 0.872. The minimum atomic E-state index is 0.696. The summed E-state index contributed by atoms with van der Waals surface area (Å²) in [7, 11) is 0. The fourth-order valence-corrected chi connectivity index (χ4v) is 2.63. The van der Waals surface area contributed by atoms with Crippen LogP contribution >= 0.6 is 15.9 Å². The first-order chi connectivity index (χ1) is 8.25. The summed E-state index contributed by atoms with van der Waals surface area (Å²) in [5.74, 6) is 0.696. The van der Waals surface area contributed by atoms with Crippen molar-refractivity contribution in [1.29, 1.82) is 5.41 Å². The van der Waals surface area contributed by atoms with Crippen LogP contribution in [-0.2, 0) is 0 Å². The van der Waals surface area contributed by atoms with Gasteiger partial charge in [0.25, 0.3) is 0 Å². The molecular weight excluding hydrogens is 278 g/mol. The molecule has 4 heteroatoms. The number of nitrogens with zero attached hydrogens (tertiary/aromatic N) is 2. The molecule has 0 aliphatic carbocycles. The van der Waals surface area contributed by atoms with Gasteiger partial charge < -0.3 is 4.90 Å². The van der Waals surface area contributed by atoms with Crippen molar-refractivity contribution < 1.29 is 0 Å². The van der Waals surface area contributed by atoms with E-state index in [2.05, 4.69) is 37.9 Å². The molecule has 0 atom stereocenters. The first-order valence-corrected chi connectivity index (χ1v) is 6.44. The molecule has 86 valence electrons.